The zero-order valence-corrected chi connectivity index (χ0v) is 29.8. The van der Waals surface area contributed by atoms with Gasteiger partial charge >= 0.3 is 6.09 Å². The van der Waals surface area contributed by atoms with Gasteiger partial charge in [-0.1, -0.05) is 67.5 Å². The maximum absolute atomic E-state index is 15.0. The van der Waals surface area contributed by atoms with Gasteiger partial charge in [-0.05, 0) is 104 Å². The van der Waals surface area contributed by atoms with Gasteiger partial charge in [0.2, 0.25) is 0 Å². The van der Waals surface area contributed by atoms with Gasteiger partial charge in [-0.2, -0.15) is 5.26 Å². The molecule has 3 fully saturated rings. The number of carbonyl (C=O) groups is 3. The predicted octanol–water partition coefficient (Wildman–Crippen LogP) is 8.68. The monoisotopic (exact) mass is 616 g/mol. The van der Waals surface area contributed by atoms with Crippen molar-refractivity contribution >= 4 is 17.7 Å². The normalized spacial score (nSPS) is 43.2. The van der Waals surface area contributed by atoms with Crippen LogP contribution in [0.1, 0.15) is 121 Å². The third kappa shape index (κ3) is 4.20. The van der Waals surface area contributed by atoms with Gasteiger partial charge in [0.25, 0.3) is 0 Å². The van der Waals surface area contributed by atoms with E-state index in [1.165, 1.54) is 0 Å². The summed E-state index contributed by atoms with van der Waals surface area (Å²) in [5, 5.41) is 13.3. The van der Waals surface area contributed by atoms with Crippen LogP contribution in [0.25, 0.3) is 0 Å². The highest BCUT2D eigenvalue weighted by Gasteiger charge is 2.75. The van der Waals surface area contributed by atoms with Crippen molar-refractivity contribution in [3.05, 3.63) is 36.0 Å². The van der Waals surface area contributed by atoms with Gasteiger partial charge in [0.1, 0.15) is 11.7 Å². The molecule has 6 nitrogen and oxygen atoms in total. The Bertz CT molecular complexity index is 1470. The summed E-state index contributed by atoms with van der Waals surface area (Å²) in [6.07, 6.45) is 11.6. The van der Waals surface area contributed by atoms with Gasteiger partial charge in [-0.25, -0.2) is 4.79 Å². The van der Waals surface area contributed by atoms with Crippen LogP contribution in [0.2, 0.25) is 0 Å². The lowest BCUT2D eigenvalue weighted by molar-refractivity contribution is -0.207. The molecule has 0 bridgehead atoms. The van der Waals surface area contributed by atoms with Crippen LogP contribution in [0, 0.1) is 60.6 Å². The Morgan fingerprint density at radius 2 is 1.62 bits per heavy atom. The van der Waals surface area contributed by atoms with Gasteiger partial charge in [-0.3, -0.25) is 9.59 Å². The number of hydrogen-bond donors (Lipinski definition) is 1. The van der Waals surface area contributed by atoms with Crippen LogP contribution in [0.5, 0.6) is 0 Å². The molecule has 7 atom stereocenters. The molecule has 0 heterocycles. The number of nitrogens with zero attached hydrogens (tertiary/aromatic N) is 1. The molecule has 5 aliphatic rings. The lowest BCUT2D eigenvalue weighted by Gasteiger charge is -2.74. The quantitative estimate of drug-likeness (QED) is 0.320. The summed E-state index contributed by atoms with van der Waals surface area (Å²) in [5.41, 5.74) is -2.77. The number of fused-ring (bicyclic) bond motifs is 7. The Balaban J connectivity index is 1.68. The van der Waals surface area contributed by atoms with Gasteiger partial charge in [0, 0.05) is 28.7 Å². The van der Waals surface area contributed by atoms with Gasteiger partial charge in [0.15, 0.2) is 11.6 Å². The number of ether oxygens (including phenoxy) is 1. The average molecular weight is 617 g/mol. The lowest BCUT2D eigenvalue weighted by Crippen LogP contribution is -2.70. The Hall–Kier alpha value is -2.68. The van der Waals surface area contributed by atoms with Gasteiger partial charge < -0.3 is 10.1 Å². The zero-order chi connectivity index (χ0) is 33.9. The van der Waals surface area contributed by atoms with Crippen molar-refractivity contribution in [3.63, 3.8) is 0 Å². The molecule has 0 saturated heterocycles. The van der Waals surface area contributed by atoms with E-state index in [1.807, 2.05) is 52.8 Å². The van der Waals surface area contributed by atoms with E-state index >= 15 is 0 Å². The molecule has 0 aliphatic heterocycles. The molecule has 246 valence electrons. The predicted molar refractivity (Wildman–Crippen MR) is 177 cm³/mol. The molecule has 0 aromatic carbocycles. The smallest absolute Gasteiger partial charge is 0.407 e. The van der Waals surface area contributed by atoms with Crippen molar-refractivity contribution in [1.82, 2.24) is 5.32 Å². The molecule has 0 aromatic heterocycles. The number of rotatable bonds is 3. The molecule has 0 aromatic rings. The molecular formula is C39H56N2O4. The lowest BCUT2D eigenvalue weighted by atomic mass is 9.29. The molecule has 5 aliphatic carbocycles. The van der Waals surface area contributed by atoms with E-state index in [0.29, 0.717) is 6.54 Å². The van der Waals surface area contributed by atoms with Crippen LogP contribution in [-0.4, -0.2) is 29.8 Å². The maximum atomic E-state index is 15.0. The number of Topliss-reactive ketones (excluding diaryl/α,β-unsaturated/α-hetero) is 1. The fraction of sp³-hybridized carbons (Fsp3) is 0.744. The Morgan fingerprint density at radius 1 is 1.00 bits per heavy atom. The van der Waals surface area contributed by atoms with Crippen LogP contribution < -0.4 is 5.32 Å². The van der Waals surface area contributed by atoms with E-state index in [9.17, 15) is 19.6 Å². The Labute approximate surface area is 271 Å². The fourth-order valence-corrected chi connectivity index (χ4v) is 12.0. The molecule has 0 spiro atoms. The molecule has 3 saturated carbocycles. The largest absolute Gasteiger partial charge is 0.444 e. The number of carbonyl (C=O) groups excluding carboxylic acids is 3. The first-order chi connectivity index (χ1) is 20.4. The van der Waals surface area contributed by atoms with Crippen LogP contribution in [-0.2, 0) is 14.3 Å². The number of nitrogens with one attached hydrogen (secondary N) is 1. The highest BCUT2D eigenvalue weighted by molar-refractivity contribution is 6.05. The summed E-state index contributed by atoms with van der Waals surface area (Å²) in [4.78, 5) is 41.6. The third-order valence-corrected chi connectivity index (χ3v) is 14.5. The topological polar surface area (TPSA) is 96.3 Å². The minimum atomic E-state index is -0.847. The summed E-state index contributed by atoms with van der Waals surface area (Å²) < 4.78 is 5.65. The van der Waals surface area contributed by atoms with Crippen molar-refractivity contribution in [1.29, 1.82) is 5.26 Å². The first-order valence-corrected chi connectivity index (χ1v) is 17.0. The molecular weight excluding hydrogens is 560 g/mol. The zero-order valence-electron chi connectivity index (χ0n) is 29.8. The third-order valence-electron chi connectivity index (χ3n) is 14.5. The number of nitriles is 1. The molecule has 1 N–H and O–H groups in total. The minimum Gasteiger partial charge on any atom is -0.444 e. The number of allylic oxidation sites excluding steroid dienone is 5. The van der Waals surface area contributed by atoms with Crippen molar-refractivity contribution in [2.75, 3.05) is 6.54 Å². The summed E-state index contributed by atoms with van der Waals surface area (Å²) in [6, 6.07) is 2.21. The van der Waals surface area contributed by atoms with E-state index in [2.05, 4.69) is 59.5 Å². The molecule has 45 heavy (non-hydrogen) atoms. The SMILES string of the molecule is C=C[C@@]12CC[C@]3(C)C(=CC(=O)[C@@H]4[C@]5(C)CC(C)(C)CC[C@]5(CNC(=O)OC(C)(C)C)CC[C@]43C)[C@@]1(C)C=C(C#N)C(=O)C2(C)C. The van der Waals surface area contributed by atoms with E-state index in [-0.39, 0.29) is 50.1 Å². The van der Waals surface area contributed by atoms with Crippen molar-refractivity contribution < 1.29 is 19.1 Å². The standard InChI is InChI=1S/C39H56N2O4/c1-13-39-19-16-34(9)27(36(39,11)21-25(22-40)29(43)33(39,7)8)20-26(42)28-35(34,10)15-18-38(24-41-30(44)45-31(2,3)4)17-14-32(5,6)23-37(28,38)12/h13,20-21,28H,1,14-19,23-24H2,2-12H3,(H,41,44)/t28-,34+,35+,36+,37-,38+,39-/m0/s1. The minimum absolute atomic E-state index is 0.0579. The van der Waals surface area contributed by atoms with Crippen LogP contribution in [0.4, 0.5) is 4.79 Å². The molecule has 5 rings (SSSR count). The second kappa shape index (κ2) is 9.68. The highest BCUT2D eigenvalue weighted by Crippen LogP contribution is 2.79. The molecule has 0 unspecified atom stereocenters. The molecule has 1 amide bonds. The number of ketones is 2. The van der Waals surface area contributed by atoms with Crippen molar-refractivity contribution in [3.8, 4) is 6.07 Å². The number of amides is 1. The van der Waals surface area contributed by atoms with E-state index in [0.717, 1.165) is 50.5 Å². The van der Waals surface area contributed by atoms with Crippen LogP contribution in [0.3, 0.4) is 0 Å². The number of hydrogen-bond acceptors (Lipinski definition) is 5. The van der Waals surface area contributed by atoms with E-state index in [4.69, 9.17) is 4.74 Å². The second-order valence-electron chi connectivity index (χ2n) is 18.5. The summed E-state index contributed by atoms with van der Waals surface area (Å²) >= 11 is 0. The Kier molecular flexibility index (Phi) is 7.24. The van der Waals surface area contributed by atoms with Crippen LogP contribution >= 0.6 is 0 Å². The van der Waals surface area contributed by atoms with E-state index in [1.54, 1.807) is 0 Å². The summed E-state index contributed by atoms with van der Waals surface area (Å²) in [6.45, 7) is 28.1. The fourth-order valence-electron chi connectivity index (χ4n) is 12.0. The second-order valence-corrected chi connectivity index (χ2v) is 18.5. The summed E-state index contributed by atoms with van der Waals surface area (Å²) in [5.74, 6) is -0.228. The van der Waals surface area contributed by atoms with Crippen LogP contribution in [0.15, 0.2) is 36.0 Å². The molecule has 0 radical (unpaired) electrons. The molecule has 6 heteroatoms. The average Bonchev–Trinajstić information content (AvgIpc) is 2.90. The van der Waals surface area contributed by atoms with Crippen molar-refractivity contribution in [2.24, 2.45) is 49.2 Å². The van der Waals surface area contributed by atoms with E-state index < -0.39 is 27.9 Å². The van der Waals surface area contributed by atoms with Gasteiger partial charge in [-0.15, -0.1) is 6.58 Å². The first-order valence-electron chi connectivity index (χ1n) is 17.0. The number of alkyl carbamates (subject to hydrolysis) is 1. The summed E-state index contributed by atoms with van der Waals surface area (Å²) in [7, 11) is 0. The van der Waals surface area contributed by atoms with Crippen molar-refractivity contribution in [2.45, 2.75) is 127 Å². The van der Waals surface area contributed by atoms with Gasteiger partial charge in [0.05, 0.1) is 5.57 Å². The maximum Gasteiger partial charge on any atom is 0.407 e. The first kappa shape index (κ1) is 33.7. The highest BCUT2D eigenvalue weighted by atomic mass is 16.6. The Morgan fingerprint density at radius 3 is 2.20 bits per heavy atom.